The first-order valence-corrected chi connectivity index (χ1v) is 5.96. The van der Waals surface area contributed by atoms with Gasteiger partial charge in [-0.05, 0) is 31.6 Å². The molecule has 0 saturated heterocycles. The van der Waals surface area contributed by atoms with E-state index in [1.807, 2.05) is 0 Å². The maximum absolute atomic E-state index is 10.8. The highest BCUT2D eigenvalue weighted by atomic mass is 16.5. The minimum absolute atomic E-state index is 0.123. The molecular formula is C13H20O3. The quantitative estimate of drug-likeness (QED) is 0.275. The number of aldehydes is 1. The fourth-order valence-electron chi connectivity index (χ4n) is 1.69. The minimum Gasteiger partial charge on any atom is -0.469 e. The molecule has 2 atom stereocenters. The lowest BCUT2D eigenvalue weighted by atomic mass is 10.1. The molecule has 0 aliphatic heterocycles. The predicted octanol–water partition coefficient (Wildman–Crippen LogP) is 2.50. The van der Waals surface area contributed by atoms with Gasteiger partial charge >= 0.3 is 5.97 Å². The van der Waals surface area contributed by atoms with Crippen LogP contribution >= 0.6 is 0 Å². The minimum atomic E-state index is -0.123. The molecule has 90 valence electrons. The summed E-state index contributed by atoms with van der Waals surface area (Å²) in [6.45, 7) is 0. The highest BCUT2D eigenvalue weighted by molar-refractivity contribution is 5.68. The van der Waals surface area contributed by atoms with E-state index in [-0.39, 0.29) is 11.9 Å². The molecule has 0 aromatic rings. The van der Waals surface area contributed by atoms with Gasteiger partial charge in [-0.15, -0.1) is 0 Å². The first-order valence-electron chi connectivity index (χ1n) is 5.96. The van der Waals surface area contributed by atoms with Crippen molar-refractivity contribution in [1.29, 1.82) is 0 Å². The van der Waals surface area contributed by atoms with Crippen LogP contribution in [0.4, 0.5) is 0 Å². The van der Waals surface area contributed by atoms with Gasteiger partial charge in [0.1, 0.15) is 6.29 Å². The van der Waals surface area contributed by atoms with Gasteiger partial charge in [-0.25, -0.2) is 0 Å². The van der Waals surface area contributed by atoms with Crippen molar-refractivity contribution in [2.45, 2.75) is 38.5 Å². The van der Waals surface area contributed by atoms with E-state index < -0.39 is 0 Å². The molecule has 0 heterocycles. The van der Waals surface area contributed by atoms with Crippen molar-refractivity contribution in [2.75, 3.05) is 7.11 Å². The largest absolute Gasteiger partial charge is 0.469 e. The van der Waals surface area contributed by atoms with Crippen LogP contribution in [0.5, 0.6) is 0 Å². The molecule has 0 aromatic heterocycles. The number of methoxy groups -OCH3 is 1. The van der Waals surface area contributed by atoms with Crippen LogP contribution < -0.4 is 0 Å². The second-order valence-electron chi connectivity index (χ2n) is 4.30. The standard InChI is InChI=1S/C13H20O3/c1-16-13(15)8-6-4-2-3-5-7-11-9-12(11)10-14/h5,7,10-12H,2-4,6,8-9H2,1H3/t11-,12-/m1/s1. The first-order chi connectivity index (χ1) is 7.77. The molecule has 0 bridgehead atoms. The average Bonchev–Trinajstić information content (AvgIpc) is 3.06. The highest BCUT2D eigenvalue weighted by Gasteiger charge is 2.33. The number of hydrogen-bond acceptors (Lipinski definition) is 3. The van der Waals surface area contributed by atoms with Gasteiger partial charge in [0.15, 0.2) is 0 Å². The van der Waals surface area contributed by atoms with Gasteiger partial charge in [0.05, 0.1) is 7.11 Å². The zero-order valence-corrected chi connectivity index (χ0v) is 9.85. The third kappa shape index (κ3) is 5.10. The molecule has 0 unspecified atom stereocenters. The molecule has 16 heavy (non-hydrogen) atoms. The molecule has 0 amide bonds. The summed E-state index contributed by atoms with van der Waals surface area (Å²) in [7, 11) is 1.42. The monoisotopic (exact) mass is 224 g/mol. The Morgan fingerprint density at radius 3 is 2.75 bits per heavy atom. The molecule has 1 aliphatic rings. The molecular weight excluding hydrogens is 204 g/mol. The number of ether oxygens (including phenoxy) is 1. The van der Waals surface area contributed by atoms with Crippen LogP contribution in [0.1, 0.15) is 38.5 Å². The summed E-state index contributed by atoms with van der Waals surface area (Å²) in [4.78, 5) is 21.2. The van der Waals surface area contributed by atoms with Crippen molar-refractivity contribution in [1.82, 2.24) is 0 Å². The predicted molar refractivity (Wildman–Crippen MR) is 61.9 cm³/mol. The fourth-order valence-corrected chi connectivity index (χ4v) is 1.69. The number of carbonyl (C=O) groups is 2. The average molecular weight is 224 g/mol. The Hall–Kier alpha value is -1.12. The Morgan fingerprint density at radius 2 is 2.12 bits per heavy atom. The number of allylic oxidation sites excluding steroid dienone is 2. The lowest BCUT2D eigenvalue weighted by Crippen LogP contribution is -1.98. The summed E-state index contributed by atoms with van der Waals surface area (Å²) in [5.74, 6) is 0.672. The van der Waals surface area contributed by atoms with Gasteiger partial charge in [-0.2, -0.15) is 0 Å². The lowest BCUT2D eigenvalue weighted by Gasteiger charge is -1.98. The number of esters is 1. The second kappa shape index (κ2) is 7.20. The van der Waals surface area contributed by atoms with Crippen LogP contribution in [0.25, 0.3) is 0 Å². The number of unbranched alkanes of at least 4 members (excludes halogenated alkanes) is 3. The highest BCUT2D eigenvalue weighted by Crippen LogP contribution is 2.37. The Bertz CT molecular complexity index is 258. The molecule has 1 rings (SSSR count). The molecule has 1 saturated carbocycles. The Kier molecular flexibility index (Phi) is 5.83. The molecule has 1 aliphatic carbocycles. The van der Waals surface area contributed by atoms with Crippen LogP contribution in [-0.2, 0) is 14.3 Å². The summed E-state index contributed by atoms with van der Waals surface area (Å²) in [5.41, 5.74) is 0. The molecule has 0 radical (unpaired) electrons. The Balaban J connectivity index is 1.88. The van der Waals surface area contributed by atoms with E-state index in [0.29, 0.717) is 12.3 Å². The van der Waals surface area contributed by atoms with E-state index in [4.69, 9.17) is 0 Å². The van der Waals surface area contributed by atoms with Crippen LogP contribution in [-0.4, -0.2) is 19.4 Å². The molecule has 3 nitrogen and oxygen atoms in total. The van der Waals surface area contributed by atoms with Crippen LogP contribution in [0.3, 0.4) is 0 Å². The smallest absolute Gasteiger partial charge is 0.305 e. The van der Waals surface area contributed by atoms with Crippen LogP contribution in [0.15, 0.2) is 12.2 Å². The topological polar surface area (TPSA) is 43.4 Å². The summed E-state index contributed by atoms with van der Waals surface area (Å²) >= 11 is 0. The summed E-state index contributed by atoms with van der Waals surface area (Å²) < 4.78 is 4.56. The van der Waals surface area contributed by atoms with Crippen molar-refractivity contribution < 1.29 is 14.3 Å². The van der Waals surface area contributed by atoms with E-state index in [0.717, 1.165) is 38.4 Å². The van der Waals surface area contributed by atoms with Crippen molar-refractivity contribution in [3.8, 4) is 0 Å². The van der Waals surface area contributed by atoms with Gasteiger partial charge < -0.3 is 9.53 Å². The Morgan fingerprint density at radius 1 is 1.31 bits per heavy atom. The molecule has 1 fully saturated rings. The number of rotatable bonds is 8. The van der Waals surface area contributed by atoms with Gasteiger partial charge in [-0.3, -0.25) is 4.79 Å². The van der Waals surface area contributed by atoms with Crippen LogP contribution in [0.2, 0.25) is 0 Å². The van der Waals surface area contributed by atoms with Crippen molar-refractivity contribution >= 4 is 12.3 Å². The van der Waals surface area contributed by atoms with Crippen molar-refractivity contribution in [2.24, 2.45) is 11.8 Å². The van der Waals surface area contributed by atoms with E-state index in [2.05, 4.69) is 16.9 Å². The first kappa shape index (κ1) is 12.9. The van der Waals surface area contributed by atoms with E-state index in [1.165, 1.54) is 7.11 Å². The Labute approximate surface area is 96.9 Å². The van der Waals surface area contributed by atoms with E-state index >= 15 is 0 Å². The van der Waals surface area contributed by atoms with E-state index in [9.17, 15) is 9.59 Å². The van der Waals surface area contributed by atoms with Crippen molar-refractivity contribution in [3.05, 3.63) is 12.2 Å². The van der Waals surface area contributed by atoms with Crippen LogP contribution in [0, 0.1) is 11.8 Å². The maximum atomic E-state index is 10.8. The van der Waals surface area contributed by atoms with Gasteiger partial charge in [-0.1, -0.05) is 18.6 Å². The number of hydrogen-bond donors (Lipinski definition) is 0. The normalized spacial score (nSPS) is 23.3. The van der Waals surface area contributed by atoms with Gasteiger partial charge in [0.2, 0.25) is 0 Å². The second-order valence-corrected chi connectivity index (χ2v) is 4.30. The zero-order valence-electron chi connectivity index (χ0n) is 9.85. The summed E-state index contributed by atoms with van der Waals surface area (Å²) in [5, 5.41) is 0. The van der Waals surface area contributed by atoms with Crippen molar-refractivity contribution in [3.63, 3.8) is 0 Å². The fraction of sp³-hybridized carbons (Fsp3) is 0.692. The van der Waals surface area contributed by atoms with E-state index in [1.54, 1.807) is 0 Å². The summed E-state index contributed by atoms with van der Waals surface area (Å²) in [6.07, 6.45) is 11.0. The third-order valence-corrected chi connectivity index (χ3v) is 2.93. The molecule has 0 N–H and O–H groups in total. The molecule has 3 heteroatoms. The van der Waals surface area contributed by atoms with Gasteiger partial charge in [0, 0.05) is 12.3 Å². The summed E-state index contributed by atoms with van der Waals surface area (Å²) in [6, 6.07) is 0. The van der Waals surface area contributed by atoms with Gasteiger partial charge in [0.25, 0.3) is 0 Å². The molecule has 0 aromatic carbocycles. The molecule has 0 spiro atoms. The number of carbonyl (C=O) groups excluding carboxylic acids is 2. The zero-order chi connectivity index (χ0) is 11.8. The maximum Gasteiger partial charge on any atom is 0.305 e. The lowest BCUT2D eigenvalue weighted by molar-refractivity contribution is -0.140. The SMILES string of the molecule is COC(=O)CCCCCC=C[C@@H]1C[C@@H]1C=O. The third-order valence-electron chi connectivity index (χ3n) is 2.93.